The molecule has 0 aliphatic rings. The van der Waals surface area contributed by atoms with Gasteiger partial charge in [0.25, 0.3) is 0 Å². The molecule has 0 N–H and O–H groups in total. The molecule has 0 amide bonds. The van der Waals surface area contributed by atoms with E-state index in [9.17, 15) is 8.42 Å². The standard InChI is InChI=1S/C15H19N3O2S/c1-5-21(19,20)14-12-9-7-6-8-11(12)10-17-13(14)15(16-2)18(3)4/h6-10H,5H2,1-4H3. The van der Waals surface area contributed by atoms with Gasteiger partial charge < -0.3 is 4.90 Å². The van der Waals surface area contributed by atoms with Gasteiger partial charge in [-0.2, -0.15) is 0 Å². The number of benzene rings is 1. The summed E-state index contributed by atoms with van der Waals surface area (Å²) in [6.07, 6.45) is 1.69. The van der Waals surface area contributed by atoms with Gasteiger partial charge in [-0.15, -0.1) is 0 Å². The monoisotopic (exact) mass is 305 g/mol. The van der Waals surface area contributed by atoms with Crippen molar-refractivity contribution in [1.29, 1.82) is 0 Å². The van der Waals surface area contributed by atoms with Crippen molar-refractivity contribution in [2.45, 2.75) is 11.8 Å². The zero-order valence-corrected chi connectivity index (χ0v) is 13.5. The number of fused-ring (bicyclic) bond motifs is 1. The predicted molar refractivity (Wildman–Crippen MR) is 85.6 cm³/mol. The van der Waals surface area contributed by atoms with Crippen LogP contribution in [-0.2, 0) is 9.84 Å². The topological polar surface area (TPSA) is 62.6 Å². The number of hydrogen-bond donors (Lipinski definition) is 0. The van der Waals surface area contributed by atoms with Crippen LogP contribution in [0.25, 0.3) is 10.8 Å². The lowest BCUT2D eigenvalue weighted by Gasteiger charge is -2.18. The van der Waals surface area contributed by atoms with Crippen LogP contribution in [0.5, 0.6) is 0 Å². The molecule has 112 valence electrons. The van der Waals surface area contributed by atoms with Crippen LogP contribution < -0.4 is 0 Å². The van der Waals surface area contributed by atoms with Gasteiger partial charge in [-0.25, -0.2) is 8.42 Å². The van der Waals surface area contributed by atoms with Crippen LogP contribution in [0.1, 0.15) is 12.6 Å². The molecular weight excluding hydrogens is 286 g/mol. The lowest BCUT2D eigenvalue weighted by atomic mass is 10.1. The van der Waals surface area contributed by atoms with Crippen molar-refractivity contribution >= 4 is 26.4 Å². The lowest BCUT2D eigenvalue weighted by Crippen LogP contribution is -2.26. The number of pyridine rings is 1. The van der Waals surface area contributed by atoms with Gasteiger partial charge in [0.15, 0.2) is 9.84 Å². The van der Waals surface area contributed by atoms with Crippen LogP contribution in [0.4, 0.5) is 0 Å². The normalized spacial score (nSPS) is 12.7. The summed E-state index contributed by atoms with van der Waals surface area (Å²) in [7, 11) is 1.86. The van der Waals surface area contributed by atoms with Crippen molar-refractivity contribution in [2.24, 2.45) is 4.99 Å². The van der Waals surface area contributed by atoms with E-state index < -0.39 is 9.84 Å². The number of rotatable bonds is 3. The maximum Gasteiger partial charge on any atom is 0.181 e. The highest BCUT2D eigenvalue weighted by Crippen LogP contribution is 2.27. The molecule has 0 atom stereocenters. The molecular formula is C15H19N3O2S. The Labute approximate surface area is 125 Å². The first-order valence-electron chi connectivity index (χ1n) is 6.67. The Bertz CT molecular complexity index is 796. The van der Waals surface area contributed by atoms with E-state index in [1.54, 1.807) is 25.1 Å². The second-order valence-electron chi connectivity index (χ2n) is 4.87. The summed E-state index contributed by atoms with van der Waals surface area (Å²) in [5, 5.41) is 1.50. The van der Waals surface area contributed by atoms with Crippen molar-refractivity contribution in [2.75, 3.05) is 26.9 Å². The number of nitrogens with zero attached hydrogens (tertiary/aromatic N) is 3. The Morgan fingerprint density at radius 3 is 2.52 bits per heavy atom. The van der Waals surface area contributed by atoms with E-state index in [2.05, 4.69) is 9.98 Å². The fourth-order valence-corrected chi connectivity index (χ4v) is 3.52. The molecule has 0 spiro atoms. The van der Waals surface area contributed by atoms with E-state index in [1.165, 1.54) is 0 Å². The fraction of sp³-hybridized carbons (Fsp3) is 0.333. The van der Waals surface area contributed by atoms with Crippen LogP contribution >= 0.6 is 0 Å². The highest BCUT2D eigenvalue weighted by molar-refractivity contribution is 7.91. The quantitative estimate of drug-likeness (QED) is 0.642. The molecule has 0 unspecified atom stereocenters. The van der Waals surface area contributed by atoms with Gasteiger partial charge in [-0.1, -0.05) is 31.2 Å². The predicted octanol–water partition coefficient (Wildman–Crippen LogP) is 1.97. The second kappa shape index (κ2) is 5.81. The number of amidine groups is 1. The molecule has 0 saturated carbocycles. The molecule has 0 aliphatic carbocycles. The van der Waals surface area contributed by atoms with Crippen molar-refractivity contribution in [3.05, 3.63) is 36.2 Å². The first-order valence-corrected chi connectivity index (χ1v) is 8.32. The molecule has 0 aliphatic heterocycles. The van der Waals surface area contributed by atoms with Crippen molar-refractivity contribution < 1.29 is 8.42 Å². The van der Waals surface area contributed by atoms with Gasteiger partial charge in [0.05, 0.1) is 5.75 Å². The zero-order valence-electron chi connectivity index (χ0n) is 12.7. The molecule has 0 saturated heterocycles. The molecule has 0 radical (unpaired) electrons. The third-order valence-corrected chi connectivity index (χ3v) is 5.09. The van der Waals surface area contributed by atoms with Gasteiger partial charge >= 0.3 is 0 Å². The van der Waals surface area contributed by atoms with E-state index in [4.69, 9.17) is 0 Å². The van der Waals surface area contributed by atoms with Gasteiger partial charge in [0, 0.05) is 38.1 Å². The fourth-order valence-electron chi connectivity index (χ4n) is 2.27. The molecule has 1 aromatic carbocycles. The summed E-state index contributed by atoms with van der Waals surface area (Å²) in [5.74, 6) is 0.577. The van der Waals surface area contributed by atoms with Crippen molar-refractivity contribution in [3.8, 4) is 0 Å². The minimum atomic E-state index is -3.41. The van der Waals surface area contributed by atoms with Crippen LogP contribution in [0, 0.1) is 0 Å². The highest BCUT2D eigenvalue weighted by atomic mass is 32.2. The maximum absolute atomic E-state index is 12.6. The van der Waals surface area contributed by atoms with Gasteiger partial charge in [-0.05, 0) is 0 Å². The van der Waals surface area contributed by atoms with E-state index >= 15 is 0 Å². The summed E-state index contributed by atoms with van der Waals surface area (Å²) < 4.78 is 25.1. The Kier molecular flexibility index (Phi) is 4.27. The van der Waals surface area contributed by atoms with Crippen LogP contribution in [0.3, 0.4) is 0 Å². The number of aromatic nitrogens is 1. The van der Waals surface area contributed by atoms with E-state index in [-0.39, 0.29) is 10.6 Å². The van der Waals surface area contributed by atoms with Gasteiger partial charge in [0.1, 0.15) is 16.4 Å². The Morgan fingerprint density at radius 1 is 1.29 bits per heavy atom. The molecule has 21 heavy (non-hydrogen) atoms. The van der Waals surface area contributed by atoms with E-state index in [0.717, 1.165) is 5.39 Å². The first kappa shape index (κ1) is 15.4. The third kappa shape index (κ3) is 2.76. The van der Waals surface area contributed by atoms with E-state index in [0.29, 0.717) is 16.9 Å². The Morgan fingerprint density at radius 2 is 1.95 bits per heavy atom. The van der Waals surface area contributed by atoms with Crippen molar-refractivity contribution in [3.63, 3.8) is 0 Å². The summed E-state index contributed by atoms with van der Waals surface area (Å²) >= 11 is 0. The average Bonchev–Trinajstić information content (AvgIpc) is 2.47. The summed E-state index contributed by atoms with van der Waals surface area (Å²) in [5.41, 5.74) is 0.406. The summed E-state index contributed by atoms with van der Waals surface area (Å²) in [6.45, 7) is 1.64. The molecule has 5 nitrogen and oxygen atoms in total. The molecule has 0 bridgehead atoms. The van der Waals surface area contributed by atoms with Crippen LogP contribution in [0.2, 0.25) is 0 Å². The molecule has 6 heteroatoms. The number of aliphatic imine (C=N–C) groups is 1. The third-order valence-electron chi connectivity index (χ3n) is 3.29. The Balaban J connectivity index is 2.93. The average molecular weight is 305 g/mol. The van der Waals surface area contributed by atoms with E-state index in [1.807, 2.05) is 38.4 Å². The van der Waals surface area contributed by atoms with Gasteiger partial charge in [-0.3, -0.25) is 9.98 Å². The molecule has 2 aromatic rings. The number of hydrogen-bond acceptors (Lipinski definition) is 4. The summed E-state index contributed by atoms with van der Waals surface area (Å²) in [6, 6.07) is 7.37. The SMILES string of the molecule is CCS(=O)(=O)c1c(C(=NC)N(C)C)ncc2ccccc12. The van der Waals surface area contributed by atoms with Crippen LogP contribution in [-0.4, -0.2) is 51.0 Å². The smallest absolute Gasteiger partial charge is 0.181 e. The van der Waals surface area contributed by atoms with Gasteiger partial charge in [0.2, 0.25) is 0 Å². The molecule has 0 fully saturated rings. The van der Waals surface area contributed by atoms with Crippen molar-refractivity contribution in [1.82, 2.24) is 9.88 Å². The minimum absolute atomic E-state index is 0.0279. The maximum atomic E-state index is 12.6. The second-order valence-corrected chi connectivity index (χ2v) is 7.08. The van der Waals surface area contributed by atoms with Crippen LogP contribution in [0.15, 0.2) is 40.4 Å². The summed E-state index contributed by atoms with van der Waals surface area (Å²) in [4.78, 5) is 10.6. The lowest BCUT2D eigenvalue weighted by molar-refractivity contribution is 0.595. The zero-order chi connectivity index (χ0) is 15.6. The molecule has 1 heterocycles. The molecule has 2 rings (SSSR count). The molecule has 1 aromatic heterocycles. The largest absolute Gasteiger partial charge is 0.361 e. The Hall–Kier alpha value is -1.95. The highest BCUT2D eigenvalue weighted by Gasteiger charge is 2.24. The minimum Gasteiger partial charge on any atom is -0.361 e. The first-order chi connectivity index (χ1) is 9.92. The number of sulfone groups is 1.